The minimum absolute atomic E-state index is 0.0667. The molecule has 0 aliphatic carbocycles. The lowest BCUT2D eigenvalue weighted by Crippen LogP contribution is -2.23. The van der Waals surface area contributed by atoms with E-state index in [-0.39, 0.29) is 11.8 Å². The fourth-order valence-electron chi connectivity index (χ4n) is 1.68. The first-order valence-electron chi connectivity index (χ1n) is 6.51. The van der Waals surface area contributed by atoms with E-state index >= 15 is 0 Å². The summed E-state index contributed by atoms with van der Waals surface area (Å²) in [5.74, 6) is -0.759. The van der Waals surface area contributed by atoms with Gasteiger partial charge in [0.25, 0.3) is 0 Å². The van der Waals surface area contributed by atoms with E-state index in [4.69, 9.17) is 16.3 Å². The van der Waals surface area contributed by atoms with Crippen molar-refractivity contribution in [2.45, 2.75) is 26.4 Å². The van der Waals surface area contributed by atoms with Crippen molar-refractivity contribution in [2.24, 2.45) is 0 Å². The second kappa shape index (κ2) is 6.54. The zero-order valence-electron chi connectivity index (χ0n) is 11.7. The van der Waals surface area contributed by atoms with E-state index in [0.29, 0.717) is 22.0 Å². The van der Waals surface area contributed by atoms with Crippen LogP contribution in [0.25, 0.3) is 11.3 Å². The highest BCUT2D eigenvalue weighted by Gasteiger charge is 2.09. The SMILES string of the molecule is CC[C@@H](C)Oc1ccc(-c2cc(C(=O)[O-])ncn2)cc1Cl. The van der Waals surface area contributed by atoms with Crippen LogP contribution in [-0.4, -0.2) is 22.0 Å². The van der Waals surface area contributed by atoms with Gasteiger partial charge in [-0.15, -0.1) is 0 Å². The van der Waals surface area contributed by atoms with Gasteiger partial charge in [-0.2, -0.15) is 0 Å². The van der Waals surface area contributed by atoms with Gasteiger partial charge in [-0.25, -0.2) is 9.97 Å². The molecule has 0 saturated carbocycles. The highest BCUT2D eigenvalue weighted by atomic mass is 35.5. The zero-order valence-corrected chi connectivity index (χ0v) is 12.4. The van der Waals surface area contributed by atoms with E-state index in [0.717, 1.165) is 6.42 Å². The predicted octanol–water partition coefficient (Wildman–Crippen LogP) is 2.34. The third kappa shape index (κ3) is 3.70. The van der Waals surface area contributed by atoms with E-state index in [1.807, 2.05) is 13.8 Å². The summed E-state index contributed by atoms with van der Waals surface area (Å²) in [5, 5.41) is 11.3. The number of nitrogens with zero attached hydrogens (tertiary/aromatic N) is 2. The third-order valence-corrected chi connectivity index (χ3v) is 3.30. The maximum atomic E-state index is 10.8. The maximum absolute atomic E-state index is 10.8. The number of halogens is 1. The van der Waals surface area contributed by atoms with Crippen LogP contribution in [0.1, 0.15) is 30.8 Å². The average Bonchev–Trinajstić information content (AvgIpc) is 2.49. The number of hydrogen-bond donors (Lipinski definition) is 0. The van der Waals surface area contributed by atoms with Crippen LogP contribution >= 0.6 is 11.6 Å². The minimum Gasteiger partial charge on any atom is -0.543 e. The Morgan fingerprint density at radius 3 is 2.76 bits per heavy atom. The Hall–Kier alpha value is -2.14. The Balaban J connectivity index is 2.31. The molecular weight excluding hydrogens is 292 g/mol. The quantitative estimate of drug-likeness (QED) is 0.847. The van der Waals surface area contributed by atoms with Gasteiger partial charge in [-0.3, -0.25) is 0 Å². The summed E-state index contributed by atoms with van der Waals surface area (Å²) in [7, 11) is 0. The number of carboxylic acids is 1. The van der Waals surface area contributed by atoms with Gasteiger partial charge in [0.15, 0.2) is 0 Å². The molecule has 6 heteroatoms. The molecule has 0 bridgehead atoms. The first kappa shape index (κ1) is 15.3. The maximum Gasteiger partial charge on any atom is 0.138 e. The van der Waals surface area contributed by atoms with Crippen molar-refractivity contribution >= 4 is 17.6 Å². The minimum atomic E-state index is -1.35. The largest absolute Gasteiger partial charge is 0.543 e. The van der Waals surface area contributed by atoms with Crippen molar-refractivity contribution in [3.63, 3.8) is 0 Å². The van der Waals surface area contributed by atoms with E-state index in [2.05, 4.69) is 9.97 Å². The molecule has 0 saturated heterocycles. The molecule has 0 aliphatic heterocycles. The van der Waals surface area contributed by atoms with Gasteiger partial charge in [-0.05, 0) is 37.6 Å². The first-order chi connectivity index (χ1) is 10.0. The van der Waals surface area contributed by atoms with Crippen molar-refractivity contribution in [1.82, 2.24) is 9.97 Å². The van der Waals surface area contributed by atoms with Crippen LogP contribution in [0, 0.1) is 0 Å². The van der Waals surface area contributed by atoms with Crippen LogP contribution < -0.4 is 9.84 Å². The molecule has 0 aliphatic rings. The van der Waals surface area contributed by atoms with Crippen molar-refractivity contribution < 1.29 is 14.6 Å². The van der Waals surface area contributed by atoms with Crippen molar-refractivity contribution in [3.8, 4) is 17.0 Å². The molecule has 1 heterocycles. The molecule has 1 aromatic heterocycles. The van der Waals surface area contributed by atoms with Crippen LogP contribution in [0.2, 0.25) is 5.02 Å². The van der Waals surface area contributed by atoms with Gasteiger partial charge in [0.1, 0.15) is 12.1 Å². The summed E-state index contributed by atoms with van der Waals surface area (Å²) in [5.41, 5.74) is 0.971. The Morgan fingerprint density at radius 2 is 2.14 bits per heavy atom. The highest BCUT2D eigenvalue weighted by Crippen LogP contribution is 2.30. The predicted molar refractivity (Wildman–Crippen MR) is 77.2 cm³/mol. The molecule has 2 rings (SSSR count). The van der Waals surface area contributed by atoms with E-state index in [1.54, 1.807) is 18.2 Å². The lowest BCUT2D eigenvalue weighted by molar-refractivity contribution is -0.255. The van der Waals surface area contributed by atoms with Crippen molar-refractivity contribution in [3.05, 3.63) is 41.3 Å². The van der Waals surface area contributed by atoms with Gasteiger partial charge in [0, 0.05) is 5.56 Å². The Kier molecular flexibility index (Phi) is 4.75. The zero-order chi connectivity index (χ0) is 15.4. The van der Waals surface area contributed by atoms with Crippen molar-refractivity contribution in [2.75, 3.05) is 0 Å². The number of aromatic nitrogens is 2. The molecule has 21 heavy (non-hydrogen) atoms. The summed E-state index contributed by atoms with van der Waals surface area (Å²) >= 11 is 6.19. The van der Waals surface area contributed by atoms with E-state index < -0.39 is 5.97 Å². The lowest BCUT2D eigenvalue weighted by atomic mass is 10.1. The van der Waals surface area contributed by atoms with E-state index in [9.17, 15) is 9.90 Å². The molecule has 0 amide bonds. The number of carboxylic acid groups (broad SMARTS) is 1. The Labute approximate surface area is 127 Å². The van der Waals surface area contributed by atoms with Gasteiger partial charge in [-0.1, -0.05) is 18.5 Å². The topological polar surface area (TPSA) is 75.1 Å². The van der Waals surface area contributed by atoms with Gasteiger partial charge >= 0.3 is 0 Å². The fraction of sp³-hybridized carbons (Fsp3) is 0.267. The van der Waals surface area contributed by atoms with Gasteiger partial charge in [0.05, 0.1) is 28.5 Å². The van der Waals surface area contributed by atoms with Crippen LogP contribution in [0.3, 0.4) is 0 Å². The smallest absolute Gasteiger partial charge is 0.138 e. The van der Waals surface area contributed by atoms with Gasteiger partial charge in [0.2, 0.25) is 0 Å². The number of benzene rings is 1. The van der Waals surface area contributed by atoms with Crippen LogP contribution in [0.5, 0.6) is 5.75 Å². The third-order valence-electron chi connectivity index (χ3n) is 3.01. The summed E-state index contributed by atoms with van der Waals surface area (Å²) in [6, 6.07) is 6.53. The van der Waals surface area contributed by atoms with Gasteiger partial charge < -0.3 is 14.6 Å². The molecule has 0 spiro atoms. The standard InChI is InChI=1S/C15H15ClN2O3/c1-3-9(2)21-14-5-4-10(6-11(14)16)12-7-13(15(19)20)18-8-17-12/h4-9H,3H2,1-2H3,(H,19,20)/p-1/t9-/m1/s1. The molecule has 1 aromatic carbocycles. The first-order valence-corrected chi connectivity index (χ1v) is 6.89. The molecule has 1 atom stereocenters. The number of carbonyl (C=O) groups is 1. The second-order valence-electron chi connectivity index (χ2n) is 4.56. The van der Waals surface area contributed by atoms with Crippen LogP contribution in [0.4, 0.5) is 0 Å². The number of aromatic carboxylic acids is 1. The second-order valence-corrected chi connectivity index (χ2v) is 4.97. The molecule has 110 valence electrons. The average molecular weight is 306 g/mol. The number of ether oxygens (including phenoxy) is 1. The molecule has 0 radical (unpaired) electrons. The molecular formula is C15H14ClN2O3-. The fourth-order valence-corrected chi connectivity index (χ4v) is 1.91. The number of rotatable bonds is 5. The highest BCUT2D eigenvalue weighted by molar-refractivity contribution is 6.32. The number of carbonyl (C=O) groups excluding carboxylic acids is 1. The molecule has 0 fully saturated rings. The molecule has 0 N–H and O–H groups in total. The Morgan fingerprint density at radius 1 is 1.38 bits per heavy atom. The Bertz CT molecular complexity index is 661. The normalized spacial score (nSPS) is 12.0. The molecule has 5 nitrogen and oxygen atoms in total. The summed E-state index contributed by atoms with van der Waals surface area (Å²) < 4.78 is 5.68. The lowest BCUT2D eigenvalue weighted by Gasteiger charge is -2.14. The summed E-state index contributed by atoms with van der Waals surface area (Å²) in [6.07, 6.45) is 2.12. The monoisotopic (exact) mass is 305 g/mol. The number of hydrogen-bond acceptors (Lipinski definition) is 5. The van der Waals surface area contributed by atoms with Crippen molar-refractivity contribution in [1.29, 1.82) is 0 Å². The van der Waals surface area contributed by atoms with E-state index in [1.165, 1.54) is 12.4 Å². The van der Waals surface area contributed by atoms with Crippen LogP contribution in [-0.2, 0) is 0 Å². The molecule has 0 unspecified atom stereocenters. The van der Waals surface area contributed by atoms with Crippen LogP contribution in [0.15, 0.2) is 30.6 Å². The summed E-state index contributed by atoms with van der Waals surface area (Å²) in [6.45, 7) is 3.98. The summed E-state index contributed by atoms with van der Waals surface area (Å²) in [4.78, 5) is 18.5. The molecule has 2 aromatic rings.